The minimum Gasteiger partial charge on any atom is -0.378 e. The molecule has 5 nitrogen and oxygen atoms in total. The van der Waals surface area contributed by atoms with Gasteiger partial charge in [-0.15, -0.1) is 0 Å². The molecule has 1 aliphatic rings. The van der Waals surface area contributed by atoms with Gasteiger partial charge in [-0.1, -0.05) is 23.2 Å². The van der Waals surface area contributed by atoms with Gasteiger partial charge in [0.1, 0.15) is 10.0 Å². The summed E-state index contributed by atoms with van der Waals surface area (Å²) in [5.74, 6) is 0. The highest BCUT2D eigenvalue weighted by Gasteiger charge is 2.32. The van der Waals surface area contributed by atoms with Crippen molar-refractivity contribution in [2.75, 3.05) is 19.8 Å². The fourth-order valence-corrected chi connectivity index (χ4v) is 3.66. The van der Waals surface area contributed by atoms with Crippen LogP contribution in [0.1, 0.15) is 6.92 Å². The first kappa shape index (κ1) is 14.0. The zero-order valence-electron chi connectivity index (χ0n) is 9.64. The summed E-state index contributed by atoms with van der Waals surface area (Å²) in [6.45, 7) is 2.89. The normalized spacial score (nSPS) is 22.1. The first-order valence-corrected chi connectivity index (χ1v) is 7.53. The molecule has 1 aliphatic heterocycles. The number of hydrogen-bond acceptors (Lipinski definition) is 4. The van der Waals surface area contributed by atoms with Crippen LogP contribution in [0.5, 0.6) is 0 Å². The molecule has 0 aromatic carbocycles. The maximum Gasteiger partial charge on any atom is 0.245 e. The molecule has 0 amide bonds. The van der Waals surface area contributed by atoms with Crippen LogP contribution in [0.3, 0.4) is 0 Å². The van der Waals surface area contributed by atoms with Crippen molar-refractivity contribution in [1.29, 1.82) is 0 Å². The van der Waals surface area contributed by atoms with Crippen molar-refractivity contribution in [2.45, 2.75) is 17.9 Å². The second kappa shape index (κ2) is 5.30. The van der Waals surface area contributed by atoms with E-state index in [1.165, 1.54) is 16.6 Å². The number of nitrogens with zero attached hydrogens (tertiary/aromatic N) is 2. The highest BCUT2D eigenvalue weighted by atomic mass is 35.5. The van der Waals surface area contributed by atoms with Gasteiger partial charge in [0.2, 0.25) is 10.0 Å². The summed E-state index contributed by atoms with van der Waals surface area (Å²) in [6.07, 6.45) is 1.21. The number of pyridine rings is 1. The van der Waals surface area contributed by atoms with Gasteiger partial charge in [0.05, 0.1) is 18.2 Å². The summed E-state index contributed by atoms with van der Waals surface area (Å²) in [6, 6.07) is 1.10. The average Bonchev–Trinajstić information content (AvgIpc) is 2.33. The summed E-state index contributed by atoms with van der Waals surface area (Å²) in [4.78, 5) is 3.81. The van der Waals surface area contributed by atoms with Gasteiger partial charge >= 0.3 is 0 Å². The minimum absolute atomic E-state index is 0.0469. The fourth-order valence-electron chi connectivity index (χ4n) is 1.75. The molecule has 100 valence electrons. The Bertz CT molecular complexity index is 550. The number of rotatable bonds is 2. The Kier molecular flexibility index (Phi) is 4.13. The molecule has 1 aromatic heterocycles. The molecule has 0 saturated carbocycles. The van der Waals surface area contributed by atoms with Crippen LogP contribution in [0.2, 0.25) is 10.2 Å². The molecule has 1 saturated heterocycles. The van der Waals surface area contributed by atoms with Gasteiger partial charge in [-0.2, -0.15) is 4.31 Å². The van der Waals surface area contributed by atoms with Gasteiger partial charge in [-0.25, -0.2) is 13.4 Å². The van der Waals surface area contributed by atoms with Gasteiger partial charge in [0.15, 0.2) is 0 Å². The second-order valence-corrected chi connectivity index (χ2v) is 6.64. The quantitative estimate of drug-likeness (QED) is 0.782. The molecule has 0 unspecified atom stereocenters. The maximum absolute atomic E-state index is 12.4. The minimum atomic E-state index is -3.60. The van der Waals surface area contributed by atoms with Crippen molar-refractivity contribution in [2.24, 2.45) is 0 Å². The van der Waals surface area contributed by atoms with E-state index in [1.807, 2.05) is 0 Å². The molecule has 1 aromatic rings. The number of ether oxygens (including phenoxy) is 1. The number of morpholine rings is 1. The molecule has 1 fully saturated rings. The van der Waals surface area contributed by atoms with E-state index in [0.717, 1.165) is 0 Å². The Labute approximate surface area is 116 Å². The molecule has 2 rings (SSSR count). The molecule has 8 heteroatoms. The summed E-state index contributed by atoms with van der Waals surface area (Å²) in [5, 5.41) is 0.212. The smallest absolute Gasteiger partial charge is 0.245 e. The van der Waals surface area contributed by atoms with E-state index in [2.05, 4.69) is 4.98 Å². The van der Waals surface area contributed by atoms with E-state index >= 15 is 0 Å². The highest BCUT2D eigenvalue weighted by Crippen LogP contribution is 2.25. The lowest BCUT2D eigenvalue weighted by Gasteiger charge is -2.32. The van der Waals surface area contributed by atoms with E-state index in [0.29, 0.717) is 19.8 Å². The molecule has 0 spiro atoms. The van der Waals surface area contributed by atoms with Crippen molar-refractivity contribution < 1.29 is 13.2 Å². The van der Waals surface area contributed by atoms with E-state index in [9.17, 15) is 8.42 Å². The van der Waals surface area contributed by atoms with E-state index in [4.69, 9.17) is 27.9 Å². The van der Waals surface area contributed by atoms with Gasteiger partial charge in [-0.3, -0.25) is 0 Å². The Hall–Kier alpha value is -0.400. The number of aromatic nitrogens is 1. The summed E-state index contributed by atoms with van der Waals surface area (Å²) in [7, 11) is -3.60. The third kappa shape index (κ3) is 2.62. The van der Waals surface area contributed by atoms with Crippen LogP contribution in [-0.2, 0) is 14.8 Å². The van der Waals surface area contributed by atoms with Crippen LogP contribution in [-0.4, -0.2) is 43.5 Å². The van der Waals surface area contributed by atoms with Crippen LogP contribution in [0, 0.1) is 0 Å². The van der Waals surface area contributed by atoms with Gasteiger partial charge in [0.25, 0.3) is 0 Å². The lowest BCUT2D eigenvalue weighted by atomic mass is 10.3. The fraction of sp³-hybridized carbons (Fsp3) is 0.500. The predicted octanol–water partition coefficient (Wildman–Crippen LogP) is 1.80. The van der Waals surface area contributed by atoms with Crippen molar-refractivity contribution in [3.05, 3.63) is 22.4 Å². The van der Waals surface area contributed by atoms with Crippen LogP contribution in [0.15, 0.2) is 17.2 Å². The van der Waals surface area contributed by atoms with Gasteiger partial charge < -0.3 is 4.74 Å². The lowest BCUT2D eigenvalue weighted by Crippen LogP contribution is -2.46. The Morgan fingerprint density at radius 1 is 1.50 bits per heavy atom. The molecule has 0 N–H and O–H groups in total. The maximum atomic E-state index is 12.4. The summed E-state index contributed by atoms with van der Waals surface area (Å²) in [5.41, 5.74) is 0. The zero-order chi connectivity index (χ0) is 13.3. The molecule has 1 atom stereocenters. The molecule has 0 bridgehead atoms. The topological polar surface area (TPSA) is 59.5 Å². The molecular weight excluding hydrogens is 299 g/mol. The molecular formula is C10H12Cl2N2O3S. The monoisotopic (exact) mass is 310 g/mol. The predicted molar refractivity (Wildman–Crippen MR) is 68.4 cm³/mol. The summed E-state index contributed by atoms with van der Waals surface area (Å²) >= 11 is 11.5. The zero-order valence-corrected chi connectivity index (χ0v) is 12.0. The van der Waals surface area contributed by atoms with Crippen molar-refractivity contribution in [3.8, 4) is 0 Å². The van der Waals surface area contributed by atoms with Crippen molar-refractivity contribution in [3.63, 3.8) is 0 Å². The molecule has 0 aliphatic carbocycles. The second-order valence-electron chi connectivity index (χ2n) is 3.98. The number of hydrogen-bond donors (Lipinski definition) is 0. The standard InChI is InChI=1S/C10H12Cl2N2O3S/c1-7-6-17-3-2-14(7)18(15,16)8-4-9(11)10(12)13-5-8/h4-5,7H,2-3,6H2,1H3/t7-/m1/s1. The molecule has 18 heavy (non-hydrogen) atoms. The first-order chi connectivity index (χ1) is 8.43. The number of halogens is 2. The van der Waals surface area contributed by atoms with Crippen molar-refractivity contribution >= 4 is 33.2 Å². The van der Waals surface area contributed by atoms with Crippen LogP contribution >= 0.6 is 23.2 Å². The largest absolute Gasteiger partial charge is 0.378 e. The Balaban J connectivity index is 2.37. The van der Waals surface area contributed by atoms with E-state index < -0.39 is 10.0 Å². The van der Waals surface area contributed by atoms with Gasteiger partial charge in [0, 0.05) is 18.8 Å². The van der Waals surface area contributed by atoms with Gasteiger partial charge in [-0.05, 0) is 13.0 Å². The van der Waals surface area contributed by atoms with Crippen LogP contribution in [0.4, 0.5) is 0 Å². The molecule has 2 heterocycles. The van der Waals surface area contributed by atoms with Crippen LogP contribution in [0.25, 0.3) is 0 Å². The summed E-state index contributed by atoms with van der Waals surface area (Å²) < 4.78 is 31.4. The number of sulfonamides is 1. The van der Waals surface area contributed by atoms with Crippen LogP contribution < -0.4 is 0 Å². The Morgan fingerprint density at radius 3 is 2.83 bits per heavy atom. The van der Waals surface area contributed by atoms with E-state index in [-0.39, 0.29) is 21.1 Å². The SMILES string of the molecule is C[C@@H]1COCCN1S(=O)(=O)c1cnc(Cl)c(Cl)c1. The molecule has 0 radical (unpaired) electrons. The Morgan fingerprint density at radius 2 is 2.22 bits per heavy atom. The first-order valence-electron chi connectivity index (χ1n) is 5.33. The third-order valence-corrected chi connectivity index (χ3v) is 5.35. The third-order valence-electron chi connectivity index (χ3n) is 2.68. The van der Waals surface area contributed by atoms with Crippen molar-refractivity contribution in [1.82, 2.24) is 9.29 Å². The highest BCUT2D eigenvalue weighted by molar-refractivity contribution is 7.89. The van der Waals surface area contributed by atoms with E-state index in [1.54, 1.807) is 6.92 Å². The lowest BCUT2D eigenvalue weighted by molar-refractivity contribution is 0.0392. The average molecular weight is 311 g/mol.